The quantitative estimate of drug-likeness (QED) is 0.639. The Hall–Kier alpha value is -3.36. The number of hydrogen-bond donors (Lipinski definition) is 1. The van der Waals surface area contributed by atoms with Crippen LogP contribution in [-0.2, 0) is 20.9 Å². The third-order valence-corrected chi connectivity index (χ3v) is 4.28. The molecule has 1 N–H and O–H groups in total. The maximum atomic E-state index is 12.3. The fourth-order valence-corrected chi connectivity index (χ4v) is 2.66. The molecule has 9 heteroatoms. The van der Waals surface area contributed by atoms with Crippen molar-refractivity contribution in [3.05, 3.63) is 46.8 Å². The lowest BCUT2D eigenvalue weighted by Gasteiger charge is -2.23. The molecule has 0 saturated carbocycles. The molecule has 0 spiro atoms. The first-order chi connectivity index (χ1) is 14.5. The van der Waals surface area contributed by atoms with Crippen LogP contribution in [0.1, 0.15) is 48.1 Å². The molecule has 0 atom stereocenters. The van der Waals surface area contributed by atoms with Crippen LogP contribution in [0, 0.1) is 13.8 Å². The fourth-order valence-electron chi connectivity index (χ4n) is 2.66. The normalized spacial score (nSPS) is 11.0. The lowest BCUT2D eigenvalue weighted by atomic mass is 10.1. The molecule has 1 heterocycles. The standard InChI is InChI=1S/C22H29N3O6/c1-14-18(15(2)31-24-14)12-29-17-9-7-8-16(10-17)21(28)30-13-20(27)25(6)11-19(26)23-22(3,4)5/h7-10H,11-13H2,1-6H3,(H,23,26). The number of aromatic nitrogens is 1. The number of benzene rings is 1. The van der Waals surface area contributed by atoms with Crippen molar-refractivity contribution in [2.45, 2.75) is 46.8 Å². The molecule has 31 heavy (non-hydrogen) atoms. The van der Waals surface area contributed by atoms with Crippen LogP contribution in [0.5, 0.6) is 5.75 Å². The van der Waals surface area contributed by atoms with Crippen molar-refractivity contribution in [3.63, 3.8) is 0 Å². The van der Waals surface area contributed by atoms with Crippen LogP contribution in [-0.4, -0.2) is 53.6 Å². The number of nitrogens with one attached hydrogen (secondary N) is 1. The number of amides is 2. The van der Waals surface area contributed by atoms with Crippen LogP contribution in [0.4, 0.5) is 0 Å². The topological polar surface area (TPSA) is 111 Å². The van der Waals surface area contributed by atoms with Gasteiger partial charge in [0.1, 0.15) is 18.1 Å². The Labute approximate surface area is 181 Å². The van der Waals surface area contributed by atoms with E-state index in [1.54, 1.807) is 25.1 Å². The summed E-state index contributed by atoms with van der Waals surface area (Å²) in [5.74, 6) is -0.298. The lowest BCUT2D eigenvalue weighted by Crippen LogP contribution is -2.46. The number of aryl methyl sites for hydroxylation is 2. The van der Waals surface area contributed by atoms with Crippen molar-refractivity contribution in [1.82, 2.24) is 15.4 Å². The molecule has 0 saturated heterocycles. The number of nitrogens with zero attached hydrogens (tertiary/aromatic N) is 2. The van der Waals surface area contributed by atoms with Crippen LogP contribution < -0.4 is 10.1 Å². The van der Waals surface area contributed by atoms with Crippen LogP contribution in [0.15, 0.2) is 28.8 Å². The first-order valence-corrected chi connectivity index (χ1v) is 9.83. The largest absolute Gasteiger partial charge is 0.489 e. The van der Waals surface area contributed by atoms with Gasteiger partial charge in [0.2, 0.25) is 5.91 Å². The average Bonchev–Trinajstić information content (AvgIpc) is 3.00. The van der Waals surface area contributed by atoms with Crippen molar-refractivity contribution in [2.75, 3.05) is 20.2 Å². The molecule has 1 aromatic heterocycles. The maximum absolute atomic E-state index is 12.3. The third-order valence-electron chi connectivity index (χ3n) is 4.28. The van der Waals surface area contributed by atoms with E-state index in [4.69, 9.17) is 14.0 Å². The van der Waals surface area contributed by atoms with E-state index in [9.17, 15) is 14.4 Å². The molecular weight excluding hydrogens is 402 g/mol. The summed E-state index contributed by atoms with van der Waals surface area (Å²) in [5, 5.41) is 6.64. The van der Waals surface area contributed by atoms with Gasteiger partial charge in [-0.3, -0.25) is 9.59 Å². The maximum Gasteiger partial charge on any atom is 0.338 e. The van der Waals surface area contributed by atoms with Gasteiger partial charge in [0.25, 0.3) is 5.91 Å². The van der Waals surface area contributed by atoms with Crippen molar-refractivity contribution in [3.8, 4) is 5.75 Å². The number of ether oxygens (including phenoxy) is 2. The van der Waals surface area contributed by atoms with Crippen LogP contribution in [0.25, 0.3) is 0 Å². The molecule has 1 aromatic carbocycles. The van der Waals surface area contributed by atoms with Gasteiger partial charge in [0.05, 0.1) is 23.4 Å². The molecule has 2 rings (SSSR count). The van der Waals surface area contributed by atoms with Crippen LogP contribution >= 0.6 is 0 Å². The number of esters is 1. The van der Waals surface area contributed by atoms with Crippen LogP contribution in [0.2, 0.25) is 0 Å². The molecule has 168 valence electrons. The highest BCUT2D eigenvalue weighted by molar-refractivity contribution is 5.92. The monoisotopic (exact) mass is 431 g/mol. The van der Waals surface area contributed by atoms with Crippen molar-refractivity contribution < 1.29 is 28.4 Å². The zero-order chi connectivity index (χ0) is 23.2. The molecule has 0 unspecified atom stereocenters. The lowest BCUT2D eigenvalue weighted by molar-refractivity contribution is -0.137. The summed E-state index contributed by atoms with van der Waals surface area (Å²) in [6, 6.07) is 6.47. The summed E-state index contributed by atoms with van der Waals surface area (Å²) in [6.45, 7) is 8.82. The van der Waals surface area contributed by atoms with E-state index in [2.05, 4.69) is 10.5 Å². The minimum atomic E-state index is -0.663. The van der Waals surface area contributed by atoms with E-state index in [1.807, 2.05) is 27.7 Å². The van der Waals surface area contributed by atoms with E-state index >= 15 is 0 Å². The predicted molar refractivity (Wildman–Crippen MR) is 113 cm³/mol. The molecule has 2 aromatic rings. The molecule has 0 bridgehead atoms. The van der Waals surface area contributed by atoms with Gasteiger partial charge in [0.15, 0.2) is 6.61 Å². The Morgan fingerprint density at radius 3 is 2.52 bits per heavy atom. The zero-order valence-corrected chi connectivity index (χ0v) is 18.8. The first-order valence-electron chi connectivity index (χ1n) is 9.83. The number of carbonyl (C=O) groups is 3. The smallest absolute Gasteiger partial charge is 0.338 e. The van der Waals surface area contributed by atoms with E-state index < -0.39 is 24.0 Å². The van der Waals surface area contributed by atoms with Gasteiger partial charge in [0, 0.05) is 12.6 Å². The highest BCUT2D eigenvalue weighted by Crippen LogP contribution is 2.19. The second kappa shape index (κ2) is 10.1. The van der Waals surface area contributed by atoms with Crippen molar-refractivity contribution in [2.24, 2.45) is 0 Å². The van der Waals surface area contributed by atoms with E-state index in [0.29, 0.717) is 11.5 Å². The molecule has 0 aliphatic rings. The van der Waals surface area contributed by atoms with Gasteiger partial charge in [-0.05, 0) is 52.8 Å². The SMILES string of the molecule is Cc1noc(C)c1COc1cccc(C(=O)OCC(=O)N(C)CC(=O)NC(C)(C)C)c1. The van der Waals surface area contributed by atoms with E-state index in [0.717, 1.165) is 11.3 Å². The molecule has 0 aliphatic carbocycles. The molecule has 0 radical (unpaired) electrons. The highest BCUT2D eigenvalue weighted by atomic mass is 16.5. The Balaban J connectivity index is 1.87. The first kappa shape index (κ1) is 23.9. The predicted octanol–water partition coefficient (Wildman–Crippen LogP) is 2.40. The molecule has 0 fully saturated rings. The highest BCUT2D eigenvalue weighted by Gasteiger charge is 2.19. The Kier molecular flexibility index (Phi) is 7.79. The second-order valence-corrected chi connectivity index (χ2v) is 8.24. The minimum absolute atomic E-state index is 0.126. The summed E-state index contributed by atoms with van der Waals surface area (Å²) in [7, 11) is 1.47. The number of hydrogen-bond acceptors (Lipinski definition) is 7. The second-order valence-electron chi connectivity index (χ2n) is 8.24. The van der Waals surface area contributed by atoms with Gasteiger partial charge in [-0.25, -0.2) is 4.79 Å². The van der Waals surface area contributed by atoms with E-state index in [1.165, 1.54) is 18.0 Å². The van der Waals surface area contributed by atoms with Gasteiger partial charge >= 0.3 is 5.97 Å². The summed E-state index contributed by atoms with van der Waals surface area (Å²) in [5.41, 5.74) is 1.44. The van der Waals surface area contributed by atoms with Gasteiger partial charge in [-0.1, -0.05) is 11.2 Å². The van der Waals surface area contributed by atoms with Gasteiger partial charge in [-0.15, -0.1) is 0 Å². The molecular formula is C22H29N3O6. The number of carbonyl (C=O) groups excluding carboxylic acids is 3. The fraction of sp³-hybridized carbons (Fsp3) is 0.455. The number of likely N-dealkylation sites (N-methyl/N-ethyl adjacent to an activating group) is 1. The van der Waals surface area contributed by atoms with Gasteiger partial charge in [-0.2, -0.15) is 0 Å². The Bertz CT molecular complexity index is 925. The van der Waals surface area contributed by atoms with Crippen LogP contribution in [0.3, 0.4) is 0 Å². The average molecular weight is 431 g/mol. The minimum Gasteiger partial charge on any atom is -0.489 e. The van der Waals surface area contributed by atoms with Crippen molar-refractivity contribution >= 4 is 17.8 Å². The summed E-state index contributed by atoms with van der Waals surface area (Å²) < 4.78 is 15.9. The van der Waals surface area contributed by atoms with E-state index in [-0.39, 0.29) is 24.6 Å². The summed E-state index contributed by atoms with van der Waals surface area (Å²) >= 11 is 0. The Morgan fingerprint density at radius 2 is 1.90 bits per heavy atom. The summed E-state index contributed by atoms with van der Waals surface area (Å²) in [6.07, 6.45) is 0. The van der Waals surface area contributed by atoms with Gasteiger partial charge < -0.3 is 24.2 Å². The Morgan fingerprint density at radius 1 is 1.19 bits per heavy atom. The zero-order valence-electron chi connectivity index (χ0n) is 18.8. The van der Waals surface area contributed by atoms with Crippen molar-refractivity contribution in [1.29, 1.82) is 0 Å². The molecule has 0 aliphatic heterocycles. The number of rotatable bonds is 8. The summed E-state index contributed by atoms with van der Waals surface area (Å²) in [4.78, 5) is 37.6. The molecule has 9 nitrogen and oxygen atoms in total. The molecule has 2 amide bonds. The third kappa shape index (κ3) is 7.44.